The van der Waals surface area contributed by atoms with E-state index in [1.54, 1.807) is 24.3 Å². The molecule has 1 aliphatic heterocycles. The highest BCUT2D eigenvalue weighted by molar-refractivity contribution is 9.10. The largest absolute Gasteiger partial charge is 0.366 e. The Morgan fingerprint density at radius 1 is 1.19 bits per heavy atom. The van der Waals surface area contributed by atoms with Crippen LogP contribution in [0, 0.1) is 5.92 Å². The molecule has 2 amide bonds. The topological polar surface area (TPSA) is 75.4 Å². The van der Waals surface area contributed by atoms with Gasteiger partial charge in [-0.3, -0.25) is 14.5 Å². The van der Waals surface area contributed by atoms with Gasteiger partial charge in [-0.25, -0.2) is 0 Å². The fraction of sp³-hybridized carbons (Fsp3) is 0.300. The van der Waals surface area contributed by atoms with Crippen molar-refractivity contribution >= 4 is 33.4 Å². The number of likely N-dealkylation sites (tertiary alicyclic amines) is 1. The van der Waals surface area contributed by atoms with Crippen molar-refractivity contribution in [1.29, 1.82) is 0 Å². The van der Waals surface area contributed by atoms with Gasteiger partial charge in [0.1, 0.15) is 0 Å². The number of para-hydroxylation sites is 1. The van der Waals surface area contributed by atoms with Gasteiger partial charge >= 0.3 is 0 Å². The van der Waals surface area contributed by atoms with Gasteiger partial charge in [-0.05, 0) is 49.2 Å². The highest BCUT2D eigenvalue weighted by Crippen LogP contribution is 2.22. The first kappa shape index (κ1) is 18.6. The summed E-state index contributed by atoms with van der Waals surface area (Å²) in [5.41, 5.74) is 7.42. The number of benzene rings is 2. The zero-order valence-electron chi connectivity index (χ0n) is 14.5. The molecule has 1 aliphatic rings. The maximum atomic E-state index is 12.7. The molecule has 3 rings (SSSR count). The van der Waals surface area contributed by atoms with Crippen LogP contribution in [0.1, 0.15) is 28.8 Å². The lowest BCUT2D eigenvalue weighted by molar-refractivity contribution is -0.121. The van der Waals surface area contributed by atoms with Gasteiger partial charge in [0.2, 0.25) is 5.91 Å². The second kappa shape index (κ2) is 8.47. The summed E-state index contributed by atoms with van der Waals surface area (Å²) in [6.45, 7) is 2.51. The van der Waals surface area contributed by atoms with Gasteiger partial charge in [0.25, 0.3) is 5.91 Å². The zero-order chi connectivity index (χ0) is 18.5. The first-order valence-electron chi connectivity index (χ1n) is 8.69. The average Bonchev–Trinajstić information content (AvgIpc) is 2.62. The van der Waals surface area contributed by atoms with Crippen molar-refractivity contribution in [2.45, 2.75) is 19.4 Å². The Labute approximate surface area is 161 Å². The molecule has 1 fully saturated rings. The fourth-order valence-electron chi connectivity index (χ4n) is 3.35. The second-order valence-electron chi connectivity index (χ2n) is 6.60. The molecule has 6 heteroatoms. The predicted molar refractivity (Wildman–Crippen MR) is 106 cm³/mol. The number of nitrogens with two attached hydrogens (primary N) is 1. The van der Waals surface area contributed by atoms with E-state index >= 15 is 0 Å². The van der Waals surface area contributed by atoms with Crippen molar-refractivity contribution in [2.75, 3.05) is 18.4 Å². The summed E-state index contributed by atoms with van der Waals surface area (Å²) in [7, 11) is 0. The zero-order valence-corrected chi connectivity index (χ0v) is 16.0. The number of rotatable bonds is 5. The molecule has 136 valence electrons. The van der Waals surface area contributed by atoms with E-state index in [1.165, 1.54) is 5.56 Å². The minimum atomic E-state index is -0.541. The molecule has 1 heterocycles. The summed E-state index contributed by atoms with van der Waals surface area (Å²) >= 11 is 3.50. The third-order valence-electron chi connectivity index (χ3n) is 4.62. The van der Waals surface area contributed by atoms with Crippen LogP contribution in [0.3, 0.4) is 0 Å². The van der Waals surface area contributed by atoms with E-state index in [9.17, 15) is 9.59 Å². The van der Waals surface area contributed by atoms with Crippen LogP contribution in [0.4, 0.5) is 5.69 Å². The monoisotopic (exact) mass is 415 g/mol. The Balaban J connectivity index is 1.64. The third-order valence-corrected chi connectivity index (χ3v) is 5.12. The maximum absolute atomic E-state index is 12.7. The van der Waals surface area contributed by atoms with Gasteiger partial charge in [-0.15, -0.1) is 0 Å². The summed E-state index contributed by atoms with van der Waals surface area (Å²) in [6.07, 6.45) is 1.82. The lowest BCUT2D eigenvalue weighted by Crippen LogP contribution is -2.40. The van der Waals surface area contributed by atoms with E-state index in [0.717, 1.165) is 30.4 Å². The van der Waals surface area contributed by atoms with E-state index in [1.807, 2.05) is 12.1 Å². The minimum Gasteiger partial charge on any atom is -0.366 e. The van der Waals surface area contributed by atoms with Crippen molar-refractivity contribution in [3.63, 3.8) is 0 Å². The van der Waals surface area contributed by atoms with E-state index in [2.05, 4.69) is 38.3 Å². The Bertz CT molecular complexity index is 809. The number of hydrogen-bond acceptors (Lipinski definition) is 3. The van der Waals surface area contributed by atoms with Crippen molar-refractivity contribution in [2.24, 2.45) is 11.7 Å². The van der Waals surface area contributed by atoms with Crippen LogP contribution in [0.2, 0.25) is 0 Å². The van der Waals surface area contributed by atoms with Gasteiger partial charge in [-0.2, -0.15) is 0 Å². The highest BCUT2D eigenvalue weighted by Gasteiger charge is 2.26. The number of halogens is 1. The summed E-state index contributed by atoms with van der Waals surface area (Å²) in [5, 5.41) is 2.88. The Kier molecular flexibility index (Phi) is 6.06. The Morgan fingerprint density at radius 2 is 2.00 bits per heavy atom. The minimum absolute atomic E-state index is 0.0577. The summed E-state index contributed by atoms with van der Waals surface area (Å²) in [6, 6.07) is 15.1. The number of primary amides is 1. The smallest absolute Gasteiger partial charge is 0.250 e. The molecule has 26 heavy (non-hydrogen) atoms. The molecule has 2 aromatic rings. The molecular formula is C20H22BrN3O2. The average molecular weight is 416 g/mol. The molecule has 0 spiro atoms. The standard InChI is InChI=1S/C20H22BrN3O2/c21-16-7-3-5-14(11-16)12-24-10-4-6-15(13-24)20(26)23-18-9-2-1-8-17(18)19(22)25/h1-3,5,7-9,11,15H,4,6,10,12-13H2,(H2,22,25)(H,23,26). The summed E-state index contributed by atoms with van der Waals surface area (Å²) in [5.74, 6) is -0.699. The lowest BCUT2D eigenvalue weighted by atomic mass is 9.96. The SMILES string of the molecule is NC(=O)c1ccccc1NC(=O)C1CCCN(Cc2cccc(Br)c2)C1. The van der Waals surface area contributed by atoms with Crippen LogP contribution in [-0.4, -0.2) is 29.8 Å². The number of hydrogen-bond donors (Lipinski definition) is 2. The molecule has 1 atom stereocenters. The van der Waals surface area contributed by atoms with E-state index in [4.69, 9.17) is 5.73 Å². The summed E-state index contributed by atoms with van der Waals surface area (Å²) < 4.78 is 1.06. The molecule has 1 saturated heterocycles. The van der Waals surface area contributed by atoms with Gasteiger partial charge in [-0.1, -0.05) is 40.2 Å². The second-order valence-corrected chi connectivity index (χ2v) is 7.52. The van der Waals surface area contributed by atoms with Crippen LogP contribution >= 0.6 is 15.9 Å². The molecule has 0 aromatic heterocycles. The number of carbonyl (C=O) groups is 2. The quantitative estimate of drug-likeness (QED) is 0.785. The van der Waals surface area contributed by atoms with E-state index in [-0.39, 0.29) is 11.8 Å². The number of anilines is 1. The Hall–Kier alpha value is -2.18. The van der Waals surface area contributed by atoms with Gasteiger partial charge in [0.15, 0.2) is 0 Å². The van der Waals surface area contributed by atoms with Crippen molar-refractivity contribution in [3.8, 4) is 0 Å². The third kappa shape index (κ3) is 4.71. The van der Waals surface area contributed by atoms with Crippen LogP contribution in [0.5, 0.6) is 0 Å². The molecular weight excluding hydrogens is 394 g/mol. The molecule has 2 aromatic carbocycles. The molecule has 0 radical (unpaired) electrons. The molecule has 3 N–H and O–H groups in total. The first-order valence-corrected chi connectivity index (χ1v) is 9.49. The number of nitrogens with zero attached hydrogens (tertiary/aromatic N) is 1. The van der Waals surface area contributed by atoms with E-state index in [0.29, 0.717) is 17.8 Å². The normalized spacial score (nSPS) is 17.7. The summed E-state index contributed by atoms with van der Waals surface area (Å²) in [4.78, 5) is 26.5. The van der Waals surface area contributed by atoms with Crippen LogP contribution < -0.4 is 11.1 Å². The number of piperidine rings is 1. The van der Waals surface area contributed by atoms with Gasteiger partial charge < -0.3 is 11.1 Å². The van der Waals surface area contributed by atoms with Gasteiger partial charge in [0, 0.05) is 17.6 Å². The highest BCUT2D eigenvalue weighted by atomic mass is 79.9. The van der Waals surface area contributed by atoms with Crippen molar-refractivity contribution in [1.82, 2.24) is 4.90 Å². The van der Waals surface area contributed by atoms with Crippen molar-refractivity contribution in [3.05, 3.63) is 64.1 Å². The van der Waals surface area contributed by atoms with Crippen LogP contribution in [-0.2, 0) is 11.3 Å². The predicted octanol–water partition coefficient (Wildman–Crippen LogP) is 3.40. The molecule has 1 unspecified atom stereocenters. The molecule has 5 nitrogen and oxygen atoms in total. The maximum Gasteiger partial charge on any atom is 0.250 e. The van der Waals surface area contributed by atoms with E-state index < -0.39 is 5.91 Å². The number of carbonyl (C=O) groups excluding carboxylic acids is 2. The van der Waals surface area contributed by atoms with Crippen LogP contribution in [0.25, 0.3) is 0 Å². The van der Waals surface area contributed by atoms with Crippen molar-refractivity contribution < 1.29 is 9.59 Å². The lowest BCUT2D eigenvalue weighted by Gasteiger charge is -2.32. The first-order chi connectivity index (χ1) is 12.5. The molecule has 0 saturated carbocycles. The van der Waals surface area contributed by atoms with Crippen LogP contribution in [0.15, 0.2) is 53.0 Å². The molecule has 0 aliphatic carbocycles. The molecule has 0 bridgehead atoms. The Morgan fingerprint density at radius 3 is 2.77 bits per heavy atom. The van der Waals surface area contributed by atoms with Gasteiger partial charge in [0.05, 0.1) is 17.2 Å². The number of nitrogens with one attached hydrogen (secondary N) is 1. The number of amides is 2. The fourth-order valence-corrected chi connectivity index (χ4v) is 3.80.